The molecule has 0 saturated heterocycles. The fourth-order valence-electron chi connectivity index (χ4n) is 1.79. The van der Waals surface area contributed by atoms with Gasteiger partial charge in [0.2, 0.25) is 0 Å². The van der Waals surface area contributed by atoms with Gasteiger partial charge in [0.1, 0.15) is 17.8 Å². The summed E-state index contributed by atoms with van der Waals surface area (Å²) in [6.45, 7) is 1.26. The van der Waals surface area contributed by atoms with Gasteiger partial charge in [0, 0.05) is 0 Å². The third kappa shape index (κ3) is 3.93. The summed E-state index contributed by atoms with van der Waals surface area (Å²) in [7, 11) is 1.33. The number of furan rings is 1. The highest BCUT2D eigenvalue weighted by Gasteiger charge is 2.09. The molecule has 0 aliphatic rings. The third-order valence-corrected chi connectivity index (χ3v) is 2.88. The van der Waals surface area contributed by atoms with Crippen LogP contribution in [0.3, 0.4) is 0 Å². The Morgan fingerprint density at radius 2 is 2.10 bits per heavy atom. The number of hydrogen-bond acceptors (Lipinski definition) is 4. The average Bonchev–Trinajstić information content (AvgIpc) is 2.93. The van der Waals surface area contributed by atoms with Crippen LogP contribution in [0.1, 0.15) is 21.7 Å². The molecular weight excluding hydrogens is 261 g/mol. The molecule has 20 heavy (non-hydrogen) atoms. The molecule has 2 rings (SSSR count). The molecule has 0 bridgehead atoms. The molecular formula is C15H16FNO3. The van der Waals surface area contributed by atoms with Gasteiger partial charge in [-0.2, -0.15) is 0 Å². The summed E-state index contributed by atoms with van der Waals surface area (Å²) in [5.74, 6) is 0.0310. The topological polar surface area (TPSA) is 51.5 Å². The highest BCUT2D eigenvalue weighted by Crippen LogP contribution is 2.09. The first-order valence-corrected chi connectivity index (χ1v) is 6.30. The summed E-state index contributed by atoms with van der Waals surface area (Å²) >= 11 is 0. The number of carbonyl (C=O) groups excluding carboxylic acids is 1. The van der Waals surface area contributed by atoms with Crippen molar-refractivity contribution in [1.29, 1.82) is 0 Å². The summed E-state index contributed by atoms with van der Waals surface area (Å²) < 4.78 is 22.6. The molecule has 0 radical (unpaired) electrons. The lowest BCUT2D eigenvalue weighted by Crippen LogP contribution is -2.16. The summed E-state index contributed by atoms with van der Waals surface area (Å²) in [5, 5.41) is 3.20. The van der Waals surface area contributed by atoms with E-state index in [1.165, 1.54) is 25.5 Å². The fraction of sp³-hybridized carbons (Fsp3) is 0.267. The summed E-state index contributed by atoms with van der Waals surface area (Å²) in [4.78, 5) is 11.2. The Morgan fingerprint density at radius 1 is 1.35 bits per heavy atom. The Morgan fingerprint density at radius 3 is 2.80 bits per heavy atom. The van der Waals surface area contributed by atoms with Crippen LogP contribution < -0.4 is 5.32 Å². The predicted molar refractivity (Wildman–Crippen MR) is 71.9 cm³/mol. The van der Waals surface area contributed by atoms with Gasteiger partial charge in [0.05, 0.1) is 19.2 Å². The summed E-state index contributed by atoms with van der Waals surface area (Å²) in [6, 6.07) is 8.07. The first kappa shape index (κ1) is 14.3. The minimum Gasteiger partial charge on any atom is -0.467 e. The quantitative estimate of drug-likeness (QED) is 0.651. The smallest absolute Gasteiger partial charge is 0.341 e. The largest absolute Gasteiger partial charge is 0.467 e. The van der Waals surface area contributed by atoms with Crippen molar-refractivity contribution in [3.63, 3.8) is 0 Å². The van der Waals surface area contributed by atoms with Crippen molar-refractivity contribution < 1.29 is 18.3 Å². The van der Waals surface area contributed by atoms with Crippen LogP contribution in [-0.4, -0.2) is 19.6 Å². The zero-order valence-electron chi connectivity index (χ0n) is 11.2. The van der Waals surface area contributed by atoms with Gasteiger partial charge >= 0.3 is 5.97 Å². The van der Waals surface area contributed by atoms with Gasteiger partial charge in [-0.3, -0.25) is 0 Å². The number of methoxy groups -OCH3 is 1. The number of benzene rings is 1. The first-order valence-electron chi connectivity index (χ1n) is 6.30. The minimum atomic E-state index is -0.411. The lowest BCUT2D eigenvalue weighted by Gasteiger charge is -2.03. The van der Waals surface area contributed by atoms with Crippen molar-refractivity contribution in [3.8, 4) is 0 Å². The van der Waals surface area contributed by atoms with E-state index in [1.807, 2.05) is 0 Å². The molecule has 2 aromatic rings. The van der Waals surface area contributed by atoms with Crippen molar-refractivity contribution in [2.24, 2.45) is 0 Å². The number of hydrogen-bond donors (Lipinski definition) is 1. The second-order valence-electron chi connectivity index (χ2n) is 4.35. The van der Waals surface area contributed by atoms with Crippen LogP contribution in [0.2, 0.25) is 0 Å². The van der Waals surface area contributed by atoms with Crippen molar-refractivity contribution >= 4 is 5.97 Å². The molecule has 1 heterocycles. The maximum Gasteiger partial charge on any atom is 0.341 e. The van der Waals surface area contributed by atoms with Gasteiger partial charge in [-0.25, -0.2) is 9.18 Å². The minimum absolute atomic E-state index is 0.229. The highest BCUT2D eigenvalue weighted by molar-refractivity contribution is 5.88. The average molecular weight is 277 g/mol. The van der Waals surface area contributed by atoms with E-state index < -0.39 is 5.97 Å². The number of rotatable bonds is 6. The highest BCUT2D eigenvalue weighted by atomic mass is 19.1. The number of nitrogens with one attached hydrogen (secondary N) is 1. The molecule has 5 heteroatoms. The van der Waals surface area contributed by atoms with E-state index in [0.29, 0.717) is 17.9 Å². The Hall–Kier alpha value is -2.14. The predicted octanol–water partition coefficient (Wildman–Crippen LogP) is 2.54. The van der Waals surface area contributed by atoms with Crippen LogP contribution in [0.15, 0.2) is 41.0 Å². The zero-order chi connectivity index (χ0) is 14.4. The van der Waals surface area contributed by atoms with E-state index in [2.05, 4.69) is 10.1 Å². The molecule has 0 fully saturated rings. The maximum atomic E-state index is 12.7. The molecule has 0 unspecified atom stereocenters. The van der Waals surface area contributed by atoms with Gasteiger partial charge < -0.3 is 14.5 Å². The van der Waals surface area contributed by atoms with E-state index in [9.17, 15) is 9.18 Å². The molecule has 0 spiro atoms. The van der Waals surface area contributed by atoms with E-state index in [-0.39, 0.29) is 5.82 Å². The Balaban J connectivity index is 1.74. The van der Waals surface area contributed by atoms with Crippen LogP contribution in [-0.2, 0) is 17.7 Å². The lowest BCUT2D eigenvalue weighted by atomic mass is 10.1. The molecule has 1 aromatic carbocycles. The lowest BCUT2D eigenvalue weighted by molar-refractivity contribution is 0.0600. The molecule has 0 saturated carbocycles. The molecule has 4 nitrogen and oxygen atoms in total. The molecule has 0 atom stereocenters. The number of carbonyl (C=O) groups is 1. The van der Waals surface area contributed by atoms with Gasteiger partial charge in [-0.05, 0) is 36.7 Å². The van der Waals surface area contributed by atoms with Crippen molar-refractivity contribution in [3.05, 3.63) is 59.3 Å². The zero-order valence-corrected chi connectivity index (χ0v) is 11.2. The molecule has 0 aliphatic heterocycles. The molecule has 106 valence electrons. The SMILES string of the molecule is COC(=O)c1coc(CNCCc2ccc(F)cc2)c1. The fourth-order valence-corrected chi connectivity index (χ4v) is 1.79. The van der Waals surface area contributed by atoms with Crippen LogP contribution in [0, 0.1) is 5.82 Å². The summed E-state index contributed by atoms with van der Waals surface area (Å²) in [5.41, 5.74) is 1.47. The van der Waals surface area contributed by atoms with Gasteiger partial charge in [-0.15, -0.1) is 0 Å². The van der Waals surface area contributed by atoms with Crippen LogP contribution in [0.5, 0.6) is 0 Å². The summed E-state index contributed by atoms with van der Waals surface area (Å²) in [6.07, 6.45) is 2.17. The number of ether oxygens (including phenoxy) is 1. The van der Waals surface area contributed by atoms with Crippen LogP contribution in [0.4, 0.5) is 4.39 Å². The van der Waals surface area contributed by atoms with Gasteiger partial charge in [0.25, 0.3) is 0 Å². The molecule has 1 aromatic heterocycles. The third-order valence-electron chi connectivity index (χ3n) is 2.88. The Kier molecular flexibility index (Phi) is 4.90. The van der Waals surface area contributed by atoms with E-state index in [1.54, 1.807) is 18.2 Å². The maximum absolute atomic E-state index is 12.7. The molecule has 0 aliphatic carbocycles. The van der Waals surface area contributed by atoms with E-state index in [4.69, 9.17) is 4.42 Å². The van der Waals surface area contributed by atoms with Crippen molar-refractivity contribution in [2.75, 3.05) is 13.7 Å². The Labute approximate surface area is 116 Å². The van der Waals surface area contributed by atoms with Crippen LogP contribution >= 0.6 is 0 Å². The molecule has 0 amide bonds. The van der Waals surface area contributed by atoms with Gasteiger partial charge in [0.15, 0.2) is 0 Å². The van der Waals surface area contributed by atoms with E-state index in [0.717, 1.165) is 18.5 Å². The second-order valence-corrected chi connectivity index (χ2v) is 4.35. The van der Waals surface area contributed by atoms with Gasteiger partial charge in [-0.1, -0.05) is 12.1 Å². The standard InChI is InChI=1S/C15H16FNO3/c1-19-15(18)12-8-14(20-10-12)9-17-7-6-11-2-4-13(16)5-3-11/h2-5,8,10,17H,6-7,9H2,1H3. The van der Waals surface area contributed by atoms with Crippen molar-refractivity contribution in [1.82, 2.24) is 5.32 Å². The first-order chi connectivity index (χ1) is 9.69. The van der Waals surface area contributed by atoms with E-state index >= 15 is 0 Å². The molecule has 1 N–H and O–H groups in total. The monoisotopic (exact) mass is 277 g/mol. The van der Waals surface area contributed by atoms with Crippen molar-refractivity contribution in [2.45, 2.75) is 13.0 Å². The number of halogens is 1. The normalized spacial score (nSPS) is 10.5. The second kappa shape index (κ2) is 6.86. The Bertz CT molecular complexity index is 563. The number of esters is 1. The van der Waals surface area contributed by atoms with Crippen LogP contribution in [0.25, 0.3) is 0 Å².